The summed E-state index contributed by atoms with van der Waals surface area (Å²) >= 11 is 0. The molecule has 0 aliphatic carbocycles. The molecule has 0 bridgehead atoms. The van der Waals surface area contributed by atoms with Gasteiger partial charge in [-0.2, -0.15) is 0 Å². The fraction of sp³-hybridized carbons (Fsp3) is 0.400. The van der Waals surface area contributed by atoms with E-state index in [2.05, 4.69) is 24.4 Å². The molecule has 0 heterocycles. The molecule has 2 aromatic carbocycles. The summed E-state index contributed by atoms with van der Waals surface area (Å²) in [5.74, 6) is -2.93. The van der Waals surface area contributed by atoms with Crippen LogP contribution in [0.1, 0.15) is 43.1 Å². The van der Waals surface area contributed by atoms with E-state index >= 15 is 0 Å². The molecule has 0 saturated heterocycles. The number of hydrogen-bond acceptors (Lipinski definition) is 6. The van der Waals surface area contributed by atoms with Gasteiger partial charge in [0.2, 0.25) is 0 Å². The fourth-order valence-electron chi connectivity index (χ4n) is 3.46. The number of benzene rings is 2. The van der Waals surface area contributed by atoms with Crippen molar-refractivity contribution in [2.24, 2.45) is 5.92 Å². The van der Waals surface area contributed by atoms with Crippen LogP contribution in [0.15, 0.2) is 48.5 Å². The molecule has 0 spiro atoms. The molecule has 7 nitrogen and oxygen atoms in total. The highest BCUT2D eigenvalue weighted by Crippen LogP contribution is 2.21. The summed E-state index contributed by atoms with van der Waals surface area (Å²) in [7, 11) is 0. The third-order valence-corrected chi connectivity index (χ3v) is 5.53. The van der Waals surface area contributed by atoms with Gasteiger partial charge in [0, 0.05) is 12.0 Å². The van der Waals surface area contributed by atoms with Crippen molar-refractivity contribution >= 4 is 17.5 Å². The number of rotatable bonds is 11. The Kier molecular flexibility index (Phi) is 9.26. The van der Waals surface area contributed by atoms with Crippen LogP contribution in [0.25, 0.3) is 11.1 Å². The highest BCUT2D eigenvalue weighted by Gasteiger charge is 2.32. The largest absolute Gasteiger partial charge is 0.393 e. The maximum atomic E-state index is 12.7. The summed E-state index contributed by atoms with van der Waals surface area (Å²) in [6.07, 6.45) is -1.81. The van der Waals surface area contributed by atoms with Gasteiger partial charge in [0.05, 0.1) is 18.1 Å². The molecular weight excluding hydrogens is 410 g/mol. The standard InChI is InChI=1S/C25H31NO6/c1-4-17-5-7-18(8-6-17)19-9-11-20(12-10-19)25(32)26-24(16(3)29)22(30)13-21(15(2)28)23(31)14-27/h5-12,15-16,21,24,27-29H,4,13-14H2,1-3H3,(H,26,32)/t15-,16-,21+,24+/m1/s1. The van der Waals surface area contributed by atoms with Gasteiger partial charge in [-0.3, -0.25) is 14.4 Å². The number of carbonyl (C=O) groups is 3. The van der Waals surface area contributed by atoms with Crippen LogP contribution in [-0.2, 0) is 16.0 Å². The molecular formula is C25H31NO6. The first-order chi connectivity index (χ1) is 15.2. The lowest BCUT2D eigenvalue weighted by Gasteiger charge is -2.24. The molecule has 0 aromatic heterocycles. The topological polar surface area (TPSA) is 124 Å². The van der Waals surface area contributed by atoms with Crippen molar-refractivity contribution in [2.45, 2.75) is 51.9 Å². The first-order valence-electron chi connectivity index (χ1n) is 10.7. The Morgan fingerprint density at radius 3 is 1.81 bits per heavy atom. The number of nitrogens with one attached hydrogen (secondary N) is 1. The van der Waals surface area contributed by atoms with Crippen molar-refractivity contribution in [3.05, 3.63) is 59.7 Å². The summed E-state index contributed by atoms with van der Waals surface area (Å²) in [5.41, 5.74) is 3.51. The summed E-state index contributed by atoms with van der Waals surface area (Å²) < 4.78 is 0. The molecule has 4 atom stereocenters. The molecule has 172 valence electrons. The average Bonchev–Trinajstić information content (AvgIpc) is 2.79. The van der Waals surface area contributed by atoms with Crippen LogP contribution >= 0.6 is 0 Å². The lowest BCUT2D eigenvalue weighted by atomic mass is 9.89. The van der Waals surface area contributed by atoms with Gasteiger partial charge in [0.15, 0.2) is 11.6 Å². The van der Waals surface area contributed by atoms with Crippen LogP contribution in [0.2, 0.25) is 0 Å². The number of aliphatic hydroxyl groups excluding tert-OH is 3. The molecule has 7 heteroatoms. The third-order valence-electron chi connectivity index (χ3n) is 5.53. The Morgan fingerprint density at radius 1 is 0.844 bits per heavy atom. The molecule has 0 fully saturated rings. The number of ketones is 2. The van der Waals surface area contributed by atoms with Crippen molar-refractivity contribution in [1.29, 1.82) is 0 Å². The van der Waals surface area contributed by atoms with E-state index in [4.69, 9.17) is 5.11 Å². The SMILES string of the molecule is CCc1ccc(-c2ccc(C(=O)N[C@H](C(=O)C[C@H](C(=O)CO)[C@@H](C)O)[C@@H](C)O)cc2)cc1. The number of aryl methyl sites for hydroxylation is 1. The van der Waals surface area contributed by atoms with Crippen molar-refractivity contribution in [3.63, 3.8) is 0 Å². The number of Topliss-reactive ketones (excluding diaryl/α,β-unsaturated/α-hetero) is 2. The second kappa shape index (κ2) is 11.7. The molecule has 0 saturated carbocycles. The predicted octanol–water partition coefficient (Wildman–Crippen LogP) is 1.91. The lowest BCUT2D eigenvalue weighted by molar-refractivity contribution is -0.134. The molecule has 4 N–H and O–H groups in total. The van der Waals surface area contributed by atoms with Crippen molar-refractivity contribution in [3.8, 4) is 11.1 Å². The number of hydrogen-bond donors (Lipinski definition) is 4. The minimum Gasteiger partial charge on any atom is -0.393 e. The zero-order valence-electron chi connectivity index (χ0n) is 18.6. The number of amides is 1. The van der Waals surface area contributed by atoms with Crippen LogP contribution in [-0.4, -0.2) is 57.6 Å². The maximum Gasteiger partial charge on any atom is 0.251 e. The summed E-state index contributed by atoms with van der Waals surface area (Å²) in [6, 6.07) is 13.8. The quantitative estimate of drug-likeness (QED) is 0.422. The zero-order chi connectivity index (χ0) is 23.8. The van der Waals surface area contributed by atoms with Crippen LogP contribution < -0.4 is 5.32 Å². The van der Waals surface area contributed by atoms with Crippen LogP contribution in [0.5, 0.6) is 0 Å². The third kappa shape index (κ3) is 6.56. The van der Waals surface area contributed by atoms with Gasteiger partial charge >= 0.3 is 0 Å². The van der Waals surface area contributed by atoms with Gasteiger partial charge in [-0.1, -0.05) is 43.3 Å². The van der Waals surface area contributed by atoms with Gasteiger partial charge in [0.1, 0.15) is 12.6 Å². The van der Waals surface area contributed by atoms with E-state index in [9.17, 15) is 24.6 Å². The zero-order valence-corrected chi connectivity index (χ0v) is 18.6. The van der Waals surface area contributed by atoms with E-state index < -0.39 is 54.7 Å². The lowest BCUT2D eigenvalue weighted by Crippen LogP contribution is -2.49. The predicted molar refractivity (Wildman–Crippen MR) is 121 cm³/mol. The van der Waals surface area contributed by atoms with Crippen LogP contribution in [0.4, 0.5) is 0 Å². The Labute approximate surface area is 188 Å². The van der Waals surface area contributed by atoms with Gasteiger partial charge < -0.3 is 20.6 Å². The first kappa shape index (κ1) is 25.4. The van der Waals surface area contributed by atoms with Crippen molar-refractivity contribution in [1.82, 2.24) is 5.32 Å². The van der Waals surface area contributed by atoms with E-state index in [1.165, 1.54) is 19.4 Å². The summed E-state index contributed by atoms with van der Waals surface area (Å²) in [5, 5.41) is 31.3. The van der Waals surface area contributed by atoms with E-state index in [-0.39, 0.29) is 0 Å². The Hall–Kier alpha value is -2.87. The number of carbonyl (C=O) groups excluding carboxylic acids is 3. The first-order valence-corrected chi connectivity index (χ1v) is 10.7. The van der Waals surface area contributed by atoms with Crippen LogP contribution in [0.3, 0.4) is 0 Å². The number of aliphatic hydroxyl groups is 3. The molecule has 0 radical (unpaired) electrons. The van der Waals surface area contributed by atoms with Crippen molar-refractivity contribution in [2.75, 3.05) is 6.61 Å². The Morgan fingerprint density at radius 2 is 1.38 bits per heavy atom. The second-order valence-electron chi connectivity index (χ2n) is 7.96. The Bertz CT molecular complexity index is 918. The molecule has 32 heavy (non-hydrogen) atoms. The van der Waals surface area contributed by atoms with Crippen LogP contribution in [0, 0.1) is 5.92 Å². The van der Waals surface area contributed by atoms with E-state index in [0.29, 0.717) is 5.56 Å². The van der Waals surface area contributed by atoms with Gasteiger partial charge in [-0.05, 0) is 49.1 Å². The monoisotopic (exact) mass is 441 g/mol. The molecule has 2 rings (SSSR count). The minimum atomic E-state index is -1.25. The maximum absolute atomic E-state index is 12.7. The smallest absolute Gasteiger partial charge is 0.251 e. The van der Waals surface area contributed by atoms with E-state index in [0.717, 1.165) is 17.5 Å². The molecule has 1 amide bonds. The van der Waals surface area contributed by atoms with Crippen molar-refractivity contribution < 1.29 is 29.7 Å². The average molecular weight is 442 g/mol. The minimum absolute atomic E-state index is 0.316. The van der Waals surface area contributed by atoms with Gasteiger partial charge in [-0.25, -0.2) is 0 Å². The molecule has 0 unspecified atom stereocenters. The van der Waals surface area contributed by atoms with E-state index in [1.54, 1.807) is 24.3 Å². The molecule has 0 aliphatic heterocycles. The highest BCUT2D eigenvalue weighted by molar-refractivity contribution is 5.99. The normalized spacial score (nSPS) is 14.8. The van der Waals surface area contributed by atoms with Gasteiger partial charge in [0.25, 0.3) is 5.91 Å². The molecule has 0 aliphatic rings. The fourth-order valence-corrected chi connectivity index (χ4v) is 3.46. The summed E-state index contributed by atoms with van der Waals surface area (Å²) in [4.78, 5) is 37.1. The molecule has 2 aromatic rings. The Balaban J connectivity index is 2.11. The van der Waals surface area contributed by atoms with E-state index in [1.807, 2.05) is 12.1 Å². The second-order valence-corrected chi connectivity index (χ2v) is 7.96. The van der Waals surface area contributed by atoms with Gasteiger partial charge in [-0.15, -0.1) is 0 Å². The summed E-state index contributed by atoms with van der Waals surface area (Å²) in [6.45, 7) is 3.99. The highest BCUT2D eigenvalue weighted by atomic mass is 16.3.